The number of nitrogens with two attached hydrogens (primary N) is 1. The molecule has 8 nitrogen and oxygen atoms in total. The molecule has 0 aromatic rings. The van der Waals surface area contributed by atoms with Gasteiger partial charge in [-0.2, -0.15) is 0 Å². The summed E-state index contributed by atoms with van der Waals surface area (Å²) in [6, 6.07) is 0. The van der Waals surface area contributed by atoms with Gasteiger partial charge in [0.1, 0.15) is 0 Å². The molecule has 4 N–H and O–H groups in total. The average Bonchev–Trinajstić information content (AvgIpc) is 2.45. The van der Waals surface area contributed by atoms with Crippen LogP contribution in [0, 0.1) is 0 Å². The first-order valence-corrected chi connectivity index (χ1v) is 6.80. The topological polar surface area (TPSA) is 108 Å². The molecule has 0 aromatic heterocycles. The van der Waals surface area contributed by atoms with Crippen LogP contribution in [0.3, 0.4) is 0 Å². The van der Waals surface area contributed by atoms with Gasteiger partial charge in [-0.3, -0.25) is 19.3 Å². The van der Waals surface area contributed by atoms with Crippen LogP contribution in [0.2, 0.25) is 0 Å². The van der Waals surface area contributed by atoms with Crippen LogP contribution >= 0.6 is 0 Å². The predicted octanol–water partition coefficient (Wildman–Crippen LogP) is -2.66. The Morgan fingerprint density at radius 2 is 1.70 bits per heavy atom. The summed E-state index contributed by atoms with van der Waals surface area (Å²) >= 11 is 0. The maximum atomic E-state index is 11.8. The van der Waals surface area contributed by atoms with Crippen LogP contribution in [0.15, 0.2) is 0 Å². The monoisotopic (exact) mass is 285 g/mol. The lowest BCUT2D eigenvalue weighted by molar-refractivity contribution is -0.134. The van der Waals surface area contributed by atoms with Gasteiger partial charge in [0.2, 0.25) is 17.7 Å². The van der Waals surface area contributed by atoms with Crippen LogP contribution < -0.4 is 16.4 Å². The zero-order valence-electron chi connectivity index (χ0n) is 11.9. The maximum Gasteiger partial charge on any atom is 0.242 e. The molecular formula is C12H23N5O3. The van der Waals surface area contributed by atoms with Gasteiger partial charge >= 0.3 is 0 Å². The van der Waals surface area contributed by atoms with E-state index in [-0.39, 0.29) is 30.8 Å². The lowest BCUT2D eigenvalue weighted by Crippen LogP contribution is -2.53. The van der Waals surface area contributed by atoms with Crippen molar-refractivity contribution in [3.8, 4) is 0 Å². The zero-order valence-corrected chi connectivity index (χ0v) is 11.9. The van der Waals surface area contributed by atoms with E-state index >= 15 is 0 Å². The molecule has 8 heteroatoms. The number of hydrogen-bond acceptors (Lipinski definition) is 5. The van der Waals surface area contributed by atoms with Gasteiger partial charge in [-0.05, 0) is 6.92 Å². The highest BCUT2D eigenvalue weighted by molar-refractivity contribution is 5.85. The number of nitrogens with zero attached hydrogens (tertiary/aromatic N) is 2. The number of carbonyl (C=O) groups excluding carboxylic acids is 3. The predicted molar refractivity (Wildman–Crippen MR) is 73.8 cm³/mol. The van der Waals surface area contributed by atoms with Crippen LogP contribution in [0.4, 0.5) is 0 Å². The summed E-state index contributed by atoms with van der Waals surface area (Å²) in [4.78, 5) is 37.9. The summed E-state index contributed by atoms with van der Waals surface area (Å²) in [7, 11) is 0. The van der Waals surface area contributed by atoms with E-state index in [1.807, 2.05) is 11.8 Å². The molecule has 20 heavy (non-hydrogen) atoms. The molecule has 114 valence electrons. The maximum absolute atomic E-state index is 11.8. The Bertz CT molecular complexity index is 353. The van der Waals surface area contributed by atoms with Crippen molar-refractivity contribution < 1.29 is 14.4 Å². The van der Waals surface area contributed by atoms with Gasteiger partial charge < -0.3 is 21.3 Å². The van der Waals surface area contributed by atoms with Gasteiger partial charge in [-0.1, -0.05) is 0 Å². The van der Waals surface area contributed by atoms with Crippen molar-refractivity contribution in [2.24, 2.45) is 5.73 Å². The molecule has 0 bridgehead atoms. The van der Waals surface area contributed by atoms with Crippen LogP contribution in [0.25, 0.3) is 0 Å². The molecule has 0 spiro atoms. The van der Waals surface area contributed by atoms with E-state index in [0.29, 0.717) is 39.3 Å². The van der Waals surface area contributed by atoms with Gasteiger partial charge in [0, 0.05) is 32.7 Å². The second-order valence-corrected chi connectivity index (χ2v) is 4.59. The number of amides is 3. The Morgan fingerprint density at radius 3 is 2.25 bits per heavy atom. The van der Waals surface area contributed by atoms with Gasteiger partial charge in [-0.25, -0.2) is 0 Å². The molecule has 0 aliphatic carbocycles. The van der Waals surface area contributed by atoms with Crippen molar-refractivity contribution in [2.75, 3.05) is 52.4 Å². The smallest absolute Gasteiger partial charge is 0.242 e. The number of nitrogens with one attached hydrogen (secondary N) is 2. The Labute approximate surface area is 118 Å². The van der Waals surface area contributed by atoms with Crippen molar-refractivity contribution >= 4 is 17.7 Å². The quantitative estimate of drug-likeness (QED) is 0.494. The Morgan fingerprint density at radius 1 is 1.05 bits per heavy atom. The molecule has 0 aromatic carbocycles. The molecule has 3 amide bonds. The molecule has 0 atom stereocenters. The van der Waals surface area contributed by atoms with Crippen LogP contribution in [0.5, 0.6) is 0 Å². The zero-order chi connectivity index (χ0) is 15.0. The van der Waals surface area contributed by atoms with E-state index in [0.717, 1.165) is 0 Å². The second-order valence-electron chi connectivity index (χ2n) is 4.59. The molecule has 1 saturated heterocycles. The molecule has 1 fully saturated rings. The summed E-state index contributed by atoms with van der Waals surface area (Å²) in [5, 5.41) is 5.20. The van der Waals surface area contributed by atoms with Crippen molar-refractivity contribution in [1.29, 1.82) is 0 Å². The summed E-state index contributed by atoms with van der Waals surface area (Å²) in [6.45, 7) is 5.18. The van der Waals surface area contributed by atoms with E-state index in [4.69, 9.17) is 5.73 Å². The standard InChI is InChI=1S/C12H23N5O3/c1-2-14-11(19)9-16-3-5-17(6-4-16)12(20)8-15-10(18)7-13/h2-9,13H2,1H3,(H,14,19)(H,15,18). The van der Waals surface area contributed by atoms with E-state index in [1.54, 1.807) is 4.90 Å². The average molecular weight is 285 g/mol. The van der Waals surface area contributed by atoms with Crippen LogP contribution in [0.1, 0.15) is 6.92 Å². The second kappa shape index (κ2) is 8.49. The van der Waals surface area contributed by atoms with Crippen LogP contribution in [-0.2, 0) is 14.4 Å². The molecule has 1 aliphatic rings. The molecule has 0 unspecified atom stereocenters. The number of carbonyl (C=O) groups is 3. The number of likely N-dealkylation sites (N-methyl/N-ethyl adjacent to an activating group) is 1. The SMILES string of the molecule is CCNC(=O)CN1CCN(C(=O)CNC(=O)CN)CC1. The van der Waals surface area contributed by atoms with Gasteiger partial charge in [0.15, 0.2) is 0 Å². The minimum atomic E-state index is -0.340. The Hall–Kier alpha value is -1.67. The van der Waals surface area contributed by atoms with Crippen molar-refractivity contribution in [1.82, 2.24) is 20.4 Å². The third-order valence-electron chi connectivity index (χ3n) is 3.09. The van der Waals surface area contributed by atoms with Crippen molar-refractivity contribution in [2.45, 2.75) is 6.92 Å². The van der Waals surface area contributed by atoms with Crippen LogP contribution in [-0.4, -0.2) is 79.9 Å². The van der Waals surface area contributed by atoms with E-state index in [2.05, 4.69) is 10.6 Å². The number of piperazine rings is 1. The van der Waals surface area contributed by atoms with Gasteiger partial charge in [-0.15, -0.1) is 0 Å². The highest BCUT2D eigenvalue weighted by Crippen LogP contribution is 2.01. The summed E-state index contributed by atoms with van der Waals surface area (Å²) in [5.74, 6) is -0.458. The van der Waals surface area contributed by atoms with Gasteiger partial charge in [0.05, 0.1) is 19.6 Å². The third-order valence-corrected chi connectivity index (χ3v) is 3.09. The first-order chi connectivity index (χ1) is 9.56. The molecule has 0 saturated carbocycles. The van der Waals surface area contributed by atoms with Gasteiger partial charge in [0.25, 0.3) is 0 Å². The summed E-state index contributed by atoms with van der Waals surface area (Å²) < 4.78 is 0. The molecular weight excluding hydrogens is 262 g/mol. The minimum absolute atomic E-state index is 0.00230. The van der Waals surface area contributed by atoms with Crippen molar-refractivity contribution in [3.05, 3.63) is 0 Å². The fourth-order valence-electron chi connectivity index (χ4n) is 1.97. The molecule has 1 heterocycles. The lowest BCUT2D eigenvalue weighted by atomic mass is 10.3. The van der Waals surface area contributed by atoms with E-state index in [1.165, 1.54) is 0 Å². The highest BCUT2D eigenvalue weighted by atomic mass is 16.2. The van der Waals surface area contributed by atoms with Crippen molar-refractivity contribution in [3.63, 3.8) is 0 Å². The number of hydrogen-bond donors (Lipinski definition) is 3. The van der Waals surface area contributed by atoms with E-state index < -0.39 is 0 Å². The first-order valence-electron chi connectivity index (χ1n) is 6.80. The molecule has 1 rings (SSSR count). The first kappa shape index (κ1) is 16.4. The normalized spacial score (nSPS) is 15.8. The Balaban J connectivity index is 2.25. The largest absolute Gasteiger partial charge is 0.355 e. The fraction of sp³-hybridized carbons (Fsp3) is 0.750. The summed E-state index contributed by atoms with van der Waals surface area (Å²) in [6.07, 6.45) is 0. The molecule has 0 radical (unpaired) electrons. The third kappa shape index (κ3) is 5.54. The molecule has 1 aliphatic heterocycles. The highest BCUT2D eigenvalue weighted by Gasteiger charge is 2.22. The number of rotatable bonds is 6. The lowest BCUT2D eigenvalue weighted by Gasteiger charge is -2.34. The summed E-state index contributed by atoms with van der Waals surface area (Å²) in [5.41, 5.74) is 5.14. The van der Waals surface area contributed by atoms with E-state index in [9.17, 15) is 14.4 Å². The minimum Gasteiger partial charge on any atom is -0.355 e. The fourth-order valence-corrected chi connectivity index (χ4v) is 1.97. The Kier molecular flexibility index (Phi) is 6.96.